The first-order valence-electron chi connectivity index (χ1n) is 9.96. The molecule has 4 atom stereocenters. The van der Waals surface area contributed by atoms with Crippen molar-refractivity contribution in [1.82, 2.24) is 10.6 Å². The predicted octanol–water partition coefficient (Wildman–Crippen LogP) is 1.45. The van der Waals surface area contributed by atoms with Gasteiger partial charge in [-0.05, 0) is 36.8 Å². The van der Waals surface area contributed by atoms with E-state index in [0.717, 1.165) is 11.1 Å². The van der Waals surface area contributed by atoms with Gasteiger partial charge in [0, 0.05) is 18.8 Å². The van der Waals surface area contributed by atoms with Gasteiger partial charge in [0.15, 0.2) is 0 Å². The second-order valence-corrected chi connectivity index (χ2v) is 7.50. The second-order valence-electron chi connectivity index (χ2n) is 7.50. The van der Waals surface area contributed by atoms with Gasteiger partial charge in [0.1, 0.15) is 24.1 Å². The molecule has 0 aromatic heterocycles. The Morgan fingerprint density at radius 1 is 0.968 bits per heavy atom. The van der Waals surface area contributed by atoms with E-state index in [2.05, 4.69) is 16.0 Å². The lowest BCUT2D eigenvalue weighted by Crippen LogP contribution is -2.41. The number of benzene rings is 2. The summed E-state index contributed by atoms with van der Waals surface area (Å²) in [4.78, 5) is 24.2. The molecule has 8 nitrogen and oxygen atoms in total. The Labute approximate surface area is 179 Å². The van der Waals surface area contributed by atoms with Crippen LogP contribution in [0.25, 0.3) is 0 Å². The van der Waals surface area contributed by atoms with Gasteiger partial charge in [-0.15, -0.1) is 0 Å². The first-order chi connectivity index (χ1) is 14.8. The number of carbonyl (C=O) groups excluding carboxylic acids is 2. The molecule has 0 saturated carbocycles. The maximum Gasteiger partial charge on any atom is 0.319 e. The van der Waals surface area contributed by atoms with Crippen molar-refractivity contribution in [3.05, 3.63) is 65.5 Å². The maximum atomic E-state index is 12.9. The number of aliphatic hydroxyl groups excluding tert-OH is 2. The zero-order valence-corrected chi connectivity index (χ0v) is 17.0. The Balaban J connectivity index is 1.43. The summed E-state index contributed by atoms with van der Waals surface area (Å²) in [6, 6.07) is 12.5. The van der Waals surface area contributed by atoms with Crippen LogP contribution in [0.1, 0.15) is 17.5 Å². The average molecular weight is 431 g/mol. The molecule has 1 fully saturated rings. The van der Waals surface area contributed by atoms with Crippen LogP contribution in [0, 0.1) is 12.7 Å². The first kappa shape index (κ1) is 22.7. The predicted molar refractivity (Wildman–Crippen MR) is 112 cm³/mol. The maximum absolute atomic E-state index is 12.9. The van der Waals surface area contributed by atoms with Crippen LogP contribution >= 0.6 is 0 Å². The van der Waals surface area contributed by atoms with E-state index in [1.165, 1.54) is 12.1 Å². The van der Waals surface area contributed by atoms with E-state index >= 15 is 0 Å². The molecule has 0 spiro atoms. The van der Waals surface area contributed by atoms with Crippen LogP contribution in [0.15, 0.2) is 48.5 Å². The highest BCUT2D eigenvalue weighted by Gasteiger charge is 2.43. The number of hydrogen-bond acceptors (Lipinski definition) is 5. The Morgan fingerprint density at radius 3 is 2.29 bits per heavy atom. The fourth-order valence-electron chi connectivity index (χ4n) is 3.23. The molecule has 166 valence electrons. The van der Waals surface area contributed by atoms with E-state index < -0.39 is 30.4 Å². The van der Waals surface area contributed by atoms with Gasteiger partial charge >= 0.3 is 6.03 Å². The second kappa shape index (κ2) is 10.3. The van der Waals surface area contributed by atoms with E-state index in [9.17, 15) is 24.2 Å². The molecule has 2 aromatic rings. The summed E-state index contributed by atoms with van der Waals surface area (Å²) in [5, 5.41) is 28.3. The zero-order valence-electron chi connectivity index (χ0n) is 17.0. The Kier molecular flexibility index (Phi) is 7.56. The van der Waals surface area contributed by atoms with Gasteiger partial charge in [-0.3, -0.25) is 4.79 Å². The quantitative estimate of drug-likeness (QED) is 0.455. The molecule has 0 aliphatic carbocycles. The summed E-state index contributed by atoms with van der Waals surface area (Å²) in [7, 11) is 0. The van der Waals surface area contributed by atoms with E-state index in [1.807, 2.05) is 19.1 Å². The van der Waals surface area contributed by atoms with Crippen LogP contribution in [-0.4, -0.2) is 53.1 Å². The monoisotopic (exact) mass is 431 g/mol. The third kappa shape index (κ3) is 6.48. The van der Waals surface area contributed by atoms with Crippen LogP contribution in [-0.2, 0) is 16.1 Å². The molecule has 3 rings (SSSR count). The minimum Gasteiger partial charge on any atom is -0.388 e. The molecule has 2 aromatic carbocycles. The highest BCUT2D eigenvalue weighted by molar-refractivity contribution is 5.89. The van der Waals surface area contributed by atoms with E-state index in [1.54, 1.807) is 24.3 Å². The molecule has 0 unspecified atom stereocenters. The zero-order chi connectivity index (χ0) is 22.4. The van der Waals surface area contributed by atoms with Gasteiger partial charge < -0.3 is 30.9 Å². The summed E-state index contributed by atoms with van der Waals surface area (Å²) in [6.45, 7) is 2.10. The number of amides is 3. The van der Waals surface area contributed by atoms with Crippen molar-refractivity contribution in [1.29, 1.82) is 0 Å². The third-order valence-corrected chi connectivity index (χ3v) is 5.02. The first-order valence-corrected chi connectivity index (χ1v) is 9.96. The SMILES string of the molecule is Cc1ccc(NC(=O)NC[C@@H]2O[C@@H](CC(=O)NCc3ccc(F)cc3)[C@H](O)[C@@H]2O)cc1. The van der Waals surface area contributed by atoms with Crippen molar-refractivity contribution in [2.75, 3.05) is 11.9 Å². The molecule has 0 bridgehead atoms. The highest BCUT2D eigenvalue weighted by atomic mass is 19.1. The summed E-state index contributed by atoms with van der Waals surface area (Å²) in [6.07, 6.45) is -4.42. The average Bonchev–Trinajstić information content (AvgIpc) is 3.01. The molecule has 1 heterocycles. The number of anilines is 1. The van der Waals surface area contributed by atoms with Crippen LogP contribution < -0.4 is 16.0 Å². The largest absolute Gasteiger partial charge is 0.388 e. The molecule has 0 radical (unpaired) electrons. The van der Waals surface area contributed by atoms with Gasteiger partial charge in [0.2, 0.25) is 5.91 Å². The lowest BCUT2D eigenvalue weighted by atomic mass is 10.1. The molecule has 31 heavy (non-hydrogen) atoms. The fraction of sp³-hybridized carbons (Fsp3) is 0.364. The van der Waals surface area contributed by atoms with Gasteiger partial charge in [0.25, 0.3) is 0 Å². The van der Waals surface area contributed by atoms with E-state index in [0.29, 0.717) is 5.69 Å². The fourth-order valence-corrected chi connectivity index (χ4v) is 3.23. The summed E-state index contributed by atoms with van der Waals surface area (Å²) < 4.78 is 18.5. The molecule has 9 heteroatoms. The lowest BCUT2D eigenvalue weighted by molar-refractivity contribution is -0.125. The van der Waals surface area contributed by atoms with Gasteiger partial charge in [-0.1, -0.05) is 29.8 Å². The molecule has 3 amide bonds. The van der Waals surface area contributed by atoms with Crippen LogP contribution in [0.2, 0.25) is 0 Å². The number of halogens is 1. The Hall–Kier alpha value is -3.01. The number of aliphatic hydroxyl groups is 2. The van der Waals surface area contributed by atoms with Crippen molar-refractivity contribution in [2.45, 2.75) is 44.3 Å². The minimum absolute atomic E-state index is 0.0381. The van der Waals surface area contributed by atoms with Gasteiger partial charge in [0.05, 0.1) is 12.5 Å². The van der Waals surface area contributed by atoms with Crippen LogP contribution in [0.5, 0.6) is 0 Å². The highest BCUT2D eigenvalue weighted by Crippen LogP contribution is 2.23. The smallest absolute Gasteiger partial charge is 0.319 e. The van der Waals surface area contributed by atoms with E-state index in [4.69, 9.17) is 4.74 Å². The molecule has 1 aliphatic rings. The number of ether oxygens (including phenoxy) is 1. The number of carbonyl (C=O) groups is 2. The van der Waals surface area contributed by atoms with Crippen molar-refractivity contribution < 1.29 is 28.9 Å². The summed E-state index contributed by atoms with van der Waals surface area (Å²) in [5.74, 6) is -0.745. The molecule has 1 saturated heterocycles. The minimum atomic E-state index is -1.26. The molecule has 1 aliphatic heterocycles. The van der Waals surface area contributed by atoms with E-state index in [-0.39, 0.29) is 31.2 Å². The molecular formula is C22H26FN3O5. The number of urea groups is 1. The van der Waals surface area contributed by atoms with Gasteiger partial charge in [-0.2, -0.15) is 0 Å². The standard InChI is InChI=1S/C22H26FN3O5/c1-13-2-8-16(9-3-13)26-22(30)25-12-18-21(29)20(28)17(31-18)10-19(27)24-11-14-4-6-15(23)7-5-14/h2-9,17-18,20-21,28-29H,10-12H2,1H3,(H,24,27)(H2,25,26,30)/t17-,18-,20-,21+/m0/s1. The normalized spacial score (nSPS) is 22.7. The Bertz CT molecular complexity index is 891. The number of rotatable bonds is 7. The van der Waals surface area contributed by atoms with Crippen molar-refractivity contribution in [3.63, 3.8) is 0 Å². The summed E-state index contributed by atoms with van der Waals surface area (Å²) >= 11 is 0. The molecular weight excluding hydrogens is 405 g/mol. The van der Waals surface area contributed by atoms with Crippen molar-refractivity contribution in [2.24, 2.45) is 0 Å². The number of hydrogen-bond donors (Lipinski definition) is 5. The molecule has 5 N–H and O–H groups in total. The third-order valence-electron chi connectivity index (χ3n) is 5.02. The van der Waals surface area contributed by atoms with Crippen molar-refractivity contribution in [3.8, 4) is 0 Å². The van der Waals surface area contributed by atoms with Gasteiger partial charge in [-0.25, -0.2) is 9.18 Å². The van der Waals surface area contributed by atoms with Crippen LogP contribution in [0.4, 0.5) is 14.9 Å². The Morgan fingerprint density at radius 2 is 1.61 bits per heavy atom. The van der Waals surface area contributed by atoms with Crippen molar-refractivity contribution >= 4 is 17.6 Å². The summed E-state index contributed by atoms with van der Waals surface area (Å²) in [5.41, 5.74) is 2.41. The number of aryl methyl sites for hydroxylation is 1. The lowest BCUT2D eigenvalue weighted by Gasteiger charge is -2.16. The van der Waals surface area contributed by atoms with Crippen LogP contribution in [0.3, 0.4) is 0 Å². The topological polar surface area (TPSA) is 120 Å². The number of nitrogens with one attached hydrogen (secondary N) is 3.